The maximum Gasteiger partial charge on any atom is 0.416 e. The van der Waals surface area contributed by atoms with E-state index in [9.17, 15) is 17.6 Å². The summed E-state index contributed by atoms with van der Waals surface area (Å²) in [5, 5.41) is 2.95. The van der Waals surface area contributed by atoms with Gasteiger partial charge in [0.1, 0.15) is 5.82 Å². The Balaban J connectivity index is 2.96. The van der Waals surface area contributed by atoms with Gasteiger partial charge in [-0.25, -0.2) is 4.39 Å². The molecule has 1 aromatic rings. The van der Waals surface area contributed by atoms with Crippen molar-refractivity contribution in [1.29, 1.82) is 0 Å². The average molecular weight is 290 g/mol. The third-order valence-electron chi connectivity index (χ3n) is 2.87. The van der Waals surface area contributed by atoms with E-state index in [4.69, 9.17) is 5.73 Å². The zero-order valence-electron chi connectivity index (χ0n) is 11.2. The molecule has 0 amide bonds. The maximum atomic E-state index is 13.0. The molecule has 3 N–H and O–H groups in total. The van der Waals surface area contributed by atoms with E-state index in [1.807, 2.05) is 19.1 Å². The molecular weight excluding hydrogens is 272 g/mol. The molecule has 112 valence electrons. The topological polar surface area (TPSA) is 38.0 Å². The van der Waals surface area contributed by atoms with E-state index in [1.165, 1.54) is 0 Å². The van der Waals surface area contributed by atoms with Gasteiger partial charge in [-0.3, -0.25) is 0 Å². The highest BCUT2D eigenvalue weighted by molar-refractivity contribution is 5.33. The number of alkyl halides is 3. The molecular formula is C14H18F4N2. The molecule has 0 saturated heterocycles. The van der Waals surface area contributed by atoms with Crippen molar-refractivity contribution in [3.05, 3.63) is 47.3 Å². The molecule has 0 saturated carbocycles. The first kappa shape index (κ1) is 16.7. The molecule has 1 atom stereocenters. The first-order chi connectivity index (χ1) is 9.40. The summed E-state index contributed by atoms with van der Waals surface area (Å²) in [4.78, 5) is 0. The quantitative estimate of drug-likeness (QED) is 0.479. The summed E-state index contributed by atoms with van der Waals surface area (Å²) in [6.07, 6.45) is -0.153. The molecule has 0 heterocycles. The summed E-state index contributed by atoms with van der Waals surface area (Å²) < 4.78 is 51.8. The molecule has 0 aliphatic heterocycles. The van der Waals surface area contributed by atoms with Crippen molar-refractivity contribution >= 4 is 0 Å². The van der Waals surface area contributed by atoms with E-state index < -0.39 is 23.6 Å². The van der Waals surface area contributed by atoms with Crippen LogP contribution in [0, 0.1) is 5.82 Å². The van der Waals surface area contributed by atoms with Crippen LogP contribution < -0.4 is 11.1 Å². The van der Waals surface area contributed by atoms with Gasteiger partial charge in [0.15, 0.2) is 0 Å². The van der Waals surface area contributed by atoms with Crippen LogP contribution in [-0.2, 0) is 6.18 Å². The Bertz CT molecular complexity index is 455. The summed E-state index contributed by atoms with van der Waals surface area (Å²) >= 11 is 0. The predicted molar refractivity (Wildman–Crippen MR) is 70.6 cm³/mol. The number of nitrogens with one attached hydrogen (secondary N) is 1. The number of halogens is 4. The lowest BCUT2D eigenvalue weighted by molar-refractivity contribution is -0.138. The van der Waals surface area contributed by atoms with Crippen molar-refractivity contribution in [1.82, 2.24) is 5.32 Å². The molecule has 20 heavy (non-hydrogen) atoms. The van der Waals surface area contributed by atoms with Crippen molar-refractivity contribution in [2.24, 2.45) is 5.73 Å². The Hall–Kier alpha value is -1.40. The van der Waals surface area contributed by atoms with E-state index in [-0.39, 0.29) is 12.1 Å². The Morgan fingerprint density at radius 3 is 2.60 bits per heavy atom. The second-order valence-corrected chi connectivity index (χ2v) is 4.33. The molecule has 0 aromatic heterocycles. The smallest absolute Gasteiger partial charge is 0.329 e. The Kier molecular flexibility index (Phi) is 6.16. The normalized spacial score (nSPS) is 13.9. The number of nitrogens with two attached hydrogens (primary N) is 1. The summed E-state index contributed by atoms with van der Waals surface area (Å²) in [5.41, 5.74) is 4.52. The van der Waals surface area contributed by atoms with Crippen LogP contribution >= 0.6 is 0 Å². The predicted octanol–water partition coefficient (Wildman–Crippen LogP) is 3.40. The van der Waals surface area contributed by atoms with Crippen molar-refractivity contribution < 1.29 is 17.6 Å². The lowest BCUT2D eigenvalue weighted by Gasteiger charge is -2.21. The molecule has 0 aliphatic carbocycles. The lowest BCUT2D eigenvalue weighted by atomic mass is 9.99. The summed E-state index contributed by atoms with van der Waals surface area (Å²) in [7, 11) is 0. The average Bonchev–Trinajstić information content (AvgIpc) is 2.38. The Morgan fingerprint density at radius 1 is 1.35 bits per heavy atom. The standard InChI is InChI=1S/C14H18F4N2/c1-2-3-4-7-20-13(9-19)11-6-5-10(15)8-12(11)14(16,17)18/h2-3,5-6,8,13,20H,4,7,9,19H2,1H3/b3-2+. The molecule has 6 heteroatoms. The summed E-state index contributed by atoms with van der Waals surface area (Å²) in [6, 6.07) is 2.00. The van der Waals surface area contributed by atoms with Crippen LogP contribution in [0.15, 0.2) is 30.4 Å². The highest BCUT2D eigenvalue weighted by Gasteiger charge is 2.35. The first-order valence-corrected chi connectivity index (χ1v) is 6.31. The van der Waals surface area contributed by atoms with Gasteiger partial charge < -0.3 is 11.1 Å². The van der Waals surface area contributed by atoms with E-state index in [0.717, 1.165) is 12.1 Å². The molecule has 1 unspecified atom stereocenters. The van der Waals surface area contributed by atoms with Gasteiger partial charge in [0, 0.05) is 12.6 Å². The van der Waals surface area contributed by atoms with E-state index in [1.54, 1.807) is 0 Å². The molecule has 0 bridgehead atoms. The van der Waals surface area contributed by atoms with E-state index in [2.05, 4.69) is 5.32 Å². The molecule has 0 spiro atoms. The highest BCUT2D eigenvalue weighted by Crippen LogP contribution is 2.34. The van der Waals surface area contributed by atoms with Gasteiger partial charge in [0.25, 0.3) is 0 Å². The highest BCUT2D eigenvalue weighted by atomic mass is 19.4. The fraction of sp³-hybridized carbons (Fsp3) is 0.429. The zero-order valence-corrected chi connectivity index (χ0v) is 11.2. The van der Waals surface area contributed by atoms with Crippen LogP contribution in [0.25, 0.3) is 0 Å². The lowest BCUT2D eigenvalue weighted by Crippen LogP contribution is -2.31. The largest absolute Gasteiger partial charge is 0.416 e. The fourth-order valence-electron chi connectivity index (χ4n) is 1.91. The first-order valence-electron chi connectivity index (χ1n) is 6.31. The van der Waals surface area contributed by atoms with Crippen molar-refractivity contribution in [3.63, 3.8) is 0 Å². The molecule has 0 fully saturated rings. The molecule has 1 aromatic carbocycles. The van der Waals surface area contributed by atoms with Gasteiger partial charge in [-0.1, -0.05) is 18.2 Å². The Labute approximate surface area is 115 Å². The van der Waals surface area contributed by atoms with Crippen LogP contribution in [-0.4, -0.2) is 13.1 Å². The minimum atomic E-state index is -4.60. The molecule has 2 nitrogen and oxygen atoms in total. The van der Waals surface area contributed by atoms with Crippen molar-refractivity contribution in [3.8, 4) is 0 Å². The maximum absolute atomic E-state index is 13.0. The minimum Gasteiger partial charge on any atom is -0.329 e. The number of allylic oxidation sites excluding steroid dienone is 1. The summed E-state index contributed by atoms with van der Waals surface area (Å²) in [6.45, 7) is 2.37. The second-order valence-electron chi connectivity index (χ2n) is 4.33. The van der Waals surface area contributed by atoms with Crippen molar-refractivity contribution in [2.75, 3.05) is 13.1 Å². The third kappa shape index (κ3) is 4.61. The van der Waals surface area contributed by atoms with Crippen LogP contribution in [0.1, 0.15) is 30.5 Å². The second kappa shape index (κ2) is 7.40. The monoisotopic (exact) mass is 290 g/mol. The molecule has 0 aliphatic rings. The summed E-state index contributed by atoms with van der Waals surface area (Å²) in [5.74, 6) is -0.911. The SMILES string of the molecule is C/C=C/CCNC(CN)c1ccc(F)cc1C(F)(F)F. The van der Waals surface area contributed by atoms with Crippen LogP contribution in [0.4, 0.5) is 17.6 Å². The van der Waals surface area contributed by atoms with E-state index in [0.29, 0.717) is 19.0 Å². The van der Waals surface area contributed by atoms with E-state index >= 15 is 0 Å². The molecule has 1 rings (SSSR count). The number of hydrogen-bond donors (Lipinski definition) is 2. The number of hydrogen-bond acceptors (Lipinski definition) is 2. The zero-order chi connectivity index (χ0) is 15.2. The van der Waals surface area contributed by atoms with Crippen molar-refractivity contribution in [2.45, 2.75) is 25.6 Å². The van der Waals surface area contributed by atoms with Gasteiger partial charge in [0.2, 0.25) is 0 Å². The third-order valence-corrected chi connectivity index (χ3v) is 2.87. The Morgan fingerprint density at radius 2 is 2.05 bits per heavy atom. The molecule has 0 radical (unpaired) electrons. The van der Waals surface area contributed by atoms with Crippen LogP contribution in [0.2, 0.25) is 0 Å². The van der Waals surface area contributed by atoms with Gasteiger partial charge >= 0.3 is 6.18 Å². The minimum absolute atomic E-state index is 0.00452. The van der Waals surface area contributed by atoms with Gasteiger partial charge in [-0.15, -0.1) is 0 Å². The van der Waals surface area contributed by atoms with Gasteiger partial charge in [-0.2, -0.15) is 13.2 Å². The number of rotatable bonds is 6. The van der Waals surface area contributed by atoms with Gasteiger partial charge in [-0.05, 0) is 37.6 Å². The number of benzene rings is 1. The fourth-order valence-corrected chi connectivity index (χ4v) is 1.91. The van der Waals surface area contributed by atoms with Gasteiger partial charge in [0.05, 0.1) is 5.56 Å². The van der Waals surface area contributed by atoms with Crippen LogP contribution in [0.3, 0.4) is 0 Å². The van der Waals surface area contributed by atoms with Crippen LogP contribution in [0.5, 0.6) is 0 Å².